The van der Waals surface area contributed by atoms with E-state index in [1.807, 2.05) is 41.3 Å². The molecular formula is C23H28N2O2. The summed E-state index contributed by atoms with van der Waals surface area (Å²) in [6.45, 7) is 1.72. The van der Waals surface area contributed by atoms with Crippen molar-refractivity contribution in [2.45, 2.75) is 43.2 Å². The van der Waals surface area contributed by atoms with E-state index in [4.69, 9.17) is 0 Å². The van der Waals surface area contributed by atoms with Crippen LogP contribution < -0.4 is 5.32 Å². The second kappa shape index (κ2) is 7.45. The molecule has 2 N–H and O–H groups in total. The molecule has 0 radical (unpaired) electrons. The Hall–Kier alpha value is -2.17. The highest BCUT2D eigenvalue weighted by molar-refractivity contribution is 5.86. The average Bonchev–Trinajstić information content (AvgIpc) is 3.51. The van der Waals surface area contributed by atoms with Crippen molar-refractivity contribution in [3.63, 3.8) is 0 Å². The predicted molar refractivity (Wildman–Crippen MR) is 106 cm³/mol. The number of rotatable bonds is 7. The van der Waals surface area contributed by atoms with Crippen molar-refractivity contribution in [2.75, 3.05) is 19.6 Å². The van der Waals surface area contributed by atoms with E-state index in [1.54, 1.807) is 0 Å². The maximum Gasteiger partial charge on any atom is 0.255 e. The number of carbonyl (C=O) groups excluding carboxylic acids is 1. The van der Waals surface area contributed by atoms with E-state index in [0.29, 0.717) is 19.5 Å². The lowest BCUT2D eigenvalue weighted by molar-refractivity contribution is -0.156. The molecule has 2 aliphatic rings. The van der Waals surface area contributed by atoms with Crippen molar-refractivity contribution in [1.82, 2.24) is 10.2 Å². The topological polar surface area (TPSA) is 52.6 Å². The van der Waals surface area contributed by atoms with Gasteiger partial charge in [0.25, 0.3) is 5.91 Å². The van der Waals surface area contributed by atoms with Crippen LogP contribution in [0.1, 0.15) is 36.8 Å². The number of hydrogen-bond acceptors (Lipinski definition) is 3. The molecule has 0 bridgehead atoms. The minimum Gasteiger partial charge on any atom is -0.379 e. The van der Waals surface area contributed by atoms with Gasteiger partial charge in [0.2, 0.25) is 0 Å². The lowest BCUT2D eigenvalue weighted by Crippen LogP contribution is -2.59. The minimum atomic E-state index is -1.29. The Labute approximate surface area is 161 Å². The lowest BCUT2D eigenvalue weighted by Gasteiger charge is -2.39. The Balaban J connectivity index is 1.38. The highest BCUT2D eigenvalue weighted by atomic mass is 16.3. The smallest absolute Gasteiger partial charge is 0.255 e. The zero-order valence-electron chi connectivity index (χ0n) is 15.7. The van der Waals surface area contributed by atoms with Crippen molar-refractivity contribution in [3.8, 4) is 0 Å². The molecule has 4 rings (SSSR count). The molecule has 1 saturated heterocycles. The van der Waals surface area contributed by atoms with Gasteiger partial charge in [-0.15, -0.1) is 0 Å². The minimum absolute atomic E-state index is 0.0659. The van der Waals surface area contributed by atoms with Crippen LogP contribution in [0.25, 0.3) is 0 Å². The van der Waals surface area contributed by atoms with Gasteiger partial charge in [0, 0.05) is 25.2 Å². The summed E-state index contributed by atoms with van der Waals surface area (Å²) in [5, 5.41) is 14.6. The van der Waals surface area contributed by atoms with Crippen LogP contribution >= 0.6 is 0 Å². The summed E-state index contributed by atoms with van der Waals surface area (Å²) in [6, 6.07) is 20.6. The van der Waals surface area contributed by atoms with E-state index >= 15 is 0 Å². The van der Waals surface area contributed by atoms with Crippen molar-refractivity contribution >= 4 is 5.91 Å². The van der Waals surface area contributed by atoms with Crippen molar-refractivity contribution < 1.29 is 9.90 Å². The molecule has 4 nitrogen and oxygen atoms in total. The molecule has 1 heterocycles. The van der Waals surface area contributed by atoms with Crippen LogP contribution in [0.3, 0.4) is 0 Å². The Kier molecular flexibility index (Phi) is 5.02. The summed E-state index contributed by atoms with van der Waals surface area (Å²) >= 11 is 0. The SMILES string of the molecule is O=C1N(CCc2ccccc2)CCC[C@]1(O)CNC1(c2ccccc2)CC1. The number of aliphatic hydroxyl groups is 1. The Bertz CT molecular complexity index is 773. The summed E-state index contributed by atoms with van der Waals surface area (Å²) in [6.07, 6.45) is 4.31. The zero-order valence-corrected chi connectivity index (χ0v) is 15.7. The first-order chi connectivity index (χ1) is 13.1. The van der Waals surface area contributed by atoms with Crippen LogP contribution in [0, 0.1) is 0 Å². The number of benzene rings is 2. The Morgan fingerprint density at radius 2 is 1.63 bits per heavy atom. The molecule has 0 spiro atoms. The van der Waals surface area contributed by atoms with Gasteiger partial charge in [0.1, 0.15) is 0 Å². The normalized spacial score (nSPS) is 24.0. The number of likely N-dealkylation sites (tertiary alicyclic amines) is 1. The van der Waals surface area contributed by atoms with Gasteiger partial charge < -0.3 is 15.3 Å². The van der Waals surface area contributed by atoms with E-state index in [2.05, 4.69) is 29.6 Å². The fourth-order valence-corrected chi connectivity index (χ4v) is 4.12. The highest BCUT2D eigenvalue weighted by Gasteiger charge is 2.48. The summed E-state index contributed by atoms with van der Waals surface area (Å²) in [5.74, 6) is -0.124. The first-order valence-electron chi connectivity index (χ1n) is 9.98. The molecule has 27 heavy (non-hydrogen) atoms. The maximum absolute atomic E-state index is 13.0. The summed E-state index contributed by atoms with van der Waals surface area (Å²) in [4.78, 5) is 14.8. The fraction of sp³-hybridized carbons (Fsp3) is 0.435. The van der Waals surface area contributed by atoms with Gasteiger partial charge in [0.05, 0.1) is 0 Å². The standard InChI is InChI=1S/C23H28N2O2/c26-21-23(27,18-24-22(14-15-22)20-10-5-2-6-11-20)13-7-16-25(21)17-12-19-8-3-1-4-9-19/h1-6,8-11,24,27H,7,12-18H2/t23-/m0/s1. The maximum atomic E-state index is 13.0. The van der Waals surface area contributed by atoms with Gasteiger partial charge >= 0.3 is 0 Å². The number of hydrogen-bond donors (Lipinski definition) is 2. The second-order valence-corrected chi connectivity index (χ2v) is 7.96. The quantitative estimate of drug-likeness (QED) is 0.794. The highest BCUT2D eigenvalue weighted by Crippen LogP contribution is 2.45. The molecule has 1 aliphatic heterocycles. The monoisotopic (exact) mass is 364 g/mol. The van der Waals surface area contributed by atoms with E-state index < -0.39 is 5.60 Å². The molecule has 0 unspecified atom stereocenters. The van der Waals surface area contributed by atoms with Crippen LogP contribution in [0.5, 0.6) is 0 Å². The van der Waals surface area contributed by atoms with Gasteiger partial charge in [-0.2, -0.15) is 0 Å². The van der Waals surface area contributed by atoms with Gasteiger partial charge in [-0.25, -0.2) is 0 Å². The second-order valence-electron chi connectivity index (χ2n) is 7.96. The number of nitrogens with zero attached hydrogens (tertiary/aromatic N) is 1. The summed E-state index contributed by atoms with van der Waals surface area (Å²) in [5.41, 5.74) is 1.11. The summed E-state index contributed by atoms with van der Waals surface area (Å²) in [7, 11) is 0. The first-order valence-corrected chi connectivity index (χ1v) is 9.98. The van der Waals surface area contributed by atoms with E-state index in [1.165, 1.54) is 11.1 Å². The zero-order chi connectivity index (χ0) is 18.7. The largest absolute Gasteiger partial charge is 0.379 e. The third kappa shape index (κ3) is 3.92. The Morgan fingerprint density at radius 3 is 2.30 bits per heavy atom. The molecular weight excluding hydrogens is 336 g/mol. The molecule has 142 valence electrons. The van der Waals surface area contributed by atoms with E-state index in [-0.39, 0.29) is 11.4 Å². The van der Waals surface area contributed by atoms with Crippen LogP contribution in [-0.4, -0.2) is 41.1 Å². The molecule has 0 aromatic heterocycles. The molecule has 2 aromatic rings. The van der Waals surface area contributed by atoms with Gasteiger partial charge in [-0.05, 0) is 43.2 Å². The van der Waals surface area contributed by atoms with Crippen LogP contribution in [0.4, 0.5) is 0 Å². The predicted octanol–water partition coefficient (Wildman–Crippen LogP) is 2.86. The van der Waals surface area contributed by atoms with Crippen molar-refractivity contribution in [2.24, 2.45) is 0 Å². The molecule has 1 saturated carbocycles. The van der Waals surface area contributed by atoms with E-state index in [0.717, 1.165) is 32.2 Å². The number of carbonyl (C=O) groups is 1. The van der Waals surface area contributed by atoms with Crippen LogP contribution in [0.15, 0.2) is 60.7 Å². The van der Waals surface area contributed by atoms with Gasteiger partial charge in [-0.3, -0.25) is 4.79 Å². The average molecular weight is 364 g/mol. The Morgan fingerprint density at radius 1 is 0.963 bits per heavy atom. The number of piperidine rings is 1. The van der Waals surface area contributed by atoms with E-state index in [9.17, 15) is 9.90 Å². The fourth-order valence-electron chi connectivity index (χ4n) is 4.12. The number of amides is 1. The molecule has 2 fully saturated rings. The van der Waals surface area contributed by atoms with Crippen LogP contribution in [0.2, 0.25) is 0 Å². The lowest BCUT2D eigenvalue weighted by atomic mass is 9.90. The first kappa shape index (κ1) is 18.2. The molecule has 2 aromatic carbocycles. The third-order valence-corrected chi connectivity index (χ3v) is 6.01. The number of nitrogens with one attached hydrogen (secondary N) is 1. The van der Waals surface area contributed by atoms with Crippen molar-refractivity contribution in [3.05, 3.63) is 71.8 Å². The molecule has 1 atom stereocenters. The van der Waals surface area contributed by atoms with Gasteiger partial charge in [-0.1, -0.05) is 60.7 Å². The van der Waals surface area contributed by atoms with Crippen LogP contribution in [-0.2, 0) is 16.8 Å². The molecule has 4 heteroatoms. The van der Waals surface area contributed by atoms with Gasteiger partial charge in [0.15, 0.2) is 5.60 Å². The summed E-state index contributed by atoms with van der Waals surface area (Å²) < 4.78 is 0. The molecule has 1 amide bonds. The third-order valence-electron chi connectivity index (χ3n) is 6.01. The van der Waals surface area contributed by atoms with Crippen molar-refractivity contribution in [1.29, 1.82) is 0 Å². The molecule has 1 aliphatic carbocycles.